The fourth-order valence-electron chi connectivity index (χ4n) is 2.64. The van der Waals surface area contributed by atoms with Crippen molar-refractivity contribution in [1.29, 1.82) is 0 Å². The van der Waals surface area contributed by atoms with Crippen molar-refractivity contribution < 1.29 is 0 Å². The van der Waals surface area contributed by atoms with Gasteiger partial charge in [-0.15, -0.1) is 11.3 Å². The van der Waals surface area contributed by atoms with E-state index in [4.69, 9.17) is 0 Å². The van der Waals surface area contributed by atoms with Gasteiger partial charge >= 0.3 is 0 Å². The van der Waals surface area contributed by atoms with Gasteiger partial charge in [0.1, 0.15) is 0 Å². The molecule has 1 saturated carbocycles. The minimum atomic E-state index is 0.421. The van der Waals surface area contributed by atoms with Crippen LogP contribution in [-0.2, 0) is 0 Å². The lowest BCUT2D eigenvalue weighted by Gasteiger charge is -2.09. The van der Waals surface area contributed by atoms with Crippen molar-refractivity contribution in [2.75, 3.05) is 0 Å². The van der Waals surface area contributed by atoms with Gasteiger partial charge in [-0.05, 0) is 54.7 Å². The van der Waals surface area contributed by atoms with Gasteiger partial charge in [-0.1, -0.05) is 43.6 Å². The van der Waals surface area contributed by atoms with E-state index in [1.54, 1.807) is 0 Å². The van der Waals surface area contributed by atoms with Crippen LogP contribution in [0.5, 0.6) is 0 Å². The van der Waals surface area contributed by atoms with Gasteiger partial charge in [0.05, 0.1) is 8.61 Å². The van der Waals surface area contributed by atoms with E-state index < -0.39 is 0 Å². The lowest BCUT2D eigenvalue weighted by Crippen LogP contribution is -1.96. The molecule has 0 bridgehead atoms. The smallest absolute Gasteiger partial charge is 0.0843 e. The van der Waals surface area contributed by atoms with E-state index in [2.05, 4.69) is 81.6 Å². The zero-order chi connectivity index (χ0) is 12.3. The van der Waals surface area contributed by atoms with Crippen molar-refractivity contribution in [2.24, 2.45) is 16.7 Å². The molecule has 1 aromatic heterocycles. The van der Waals surface area contributed by atoms with E-state index in [9.17, 15) is 0 Å². The second-order valence-corrected chi connectivity index (χ2v) is 9.84. The lowest BCUT2D eigenvalue weighted by atomic mass is 10.0. The summed E-state index contributed by atoms with van der Waals surface area (Å²) in [6.07, 6.45) is 0. The highest BCUT2D eigenvalue weighted by Gasteiger charge is 2.67. The molecular formula is C12H15Br3S. The van der Waals surface area contributed by atoms with Crippen molar-refractivity contribution >= 4 is 59.1 Å². The highest BCUT2D eigenvalue weighted by atomic mass is 79.9. The third-order valence-corrected chi connectivity index (χ3v) is 9.03. The number of halogens is 3. The molecule has 0 radical (unpaired) electrons. The largest absolute Gasteiger partial charge is 0.131 e. The van der Waals surface area contributed by atoms with Gasteiger partial charge in [-0.25, -0.2) is 0 Å². The van der Waals surface area contributed by atoms with E-state index in [1.807, 2.05) is 11.3 Å². The van der Waals surface area contributed by atoms with Crippen LogP contribution >= 0.6 is 59.1 Å². The quantitative estimate of drug-likeness (QED) is 0.477. The van der Waals surface area contributed by atoms with E-state index in [0.717, 1.165) is 4.47 Å². The van der Waals surface area contributed by atoms with Crippen LogP contribution in [0.4, 0.5) is 0 Å². The van der Waals surface area contributed by atoms with E-state index in [-0.39, 0.29) is 0 Å². The normalized spacial score (nSPS) is 24.4. The van der Waals surface area contributed by atoms with Gasteiger partial charge in [0.2, 0.25) is 0 Å². The van der Waals surface area contributed by atoms with Crippen LogP contribution in [0.3, 0.4) is 0 Å². The first-order valence-corrected chi connectivity index (χ1v) is 8.60. The number of thiophene rings is 1. The van der Waals surface area contributed by atoms with Crippen molar-refractivity contribution in [1.82, 2.24) is 0 Å². The number of hydrogen-bond donors (Lipinski definition) is 0. The van der Waals surface area contributed by atoms with E-state index in [0.29, 0.717) is 21.6 Å². The first-order valence-electron chi connectivity index (χ1n) is 5.28. The molecule has 1 atom stereocenters. The van der Waals surface area contributed by atoms with Crippen LogP contribution in [-0.4, -0.2) is 0 Å². The molecule has 0 nitrogen and oxygen atoms in total. The molecule has 4 heteroatoms. The van der Waals surface area contributed by atoms with Gasteiger partial charge in [-0.2, -0.15) is 0 Å². The van der Waals surface area contributed by atoms with Crippen LogP contribution < -0.4 is 0 Å². The predicted molar refractivity (Wildman–Crippen MR) is 82.4 cm³/mol. The SMILES string of the molecule is CC1(C)C(C(Br)c2cc(Br)c(Br)s2)C1(C)C. The molecule has 16 heavy (non-hydrogen) atoms. The number of rotatable bonds is 2. The number of alkyl halides is 1. The fourth-order valence-corrected chi connectivity index (χ4v) is 6.48. The Hall–Kier alpha value is 1.14. The maximum atomic E-state index is 3.88. The molecule has 1 heterocycles. The molecule has 0 aliphatic heterocycles. The zero-order valence-electron chi connectivity index (χ0n) is 9.77. The Bertz CT molecular complexity index is 386. The fraction of sp³-hybridized carbons (Fsp3) is 0.667. The Balaban J connectivity index is 2.25. The zero-order valence-corrected chi connectivity index (χ0v) is 15.3. The average molecular weight is 431 g/mol. The Labute approximate surface area is 127 Å². The minimum Gasteiger partial charge on any atom is -0.131 e. The van der Waals surface area contributed by atoms with E-state index in [1.165, 1.54) is 8.66 Å². The molecule has 1 aromatic rings. The maximum absolute atomic E-state index is 3.88. The van der Waals surface area contributed by atoms with Crippen molar-refractivity contribution in [3.8, 4) is 0 Å². The molecule has 0 saturated heterocycles. The average Bonchev–Trinajstić information content (AvgIpc) is 2.39. The summed E-state index contributed by atoms with van der Waals surface area (Å²) in [6, 6.07) is 2.22. The molecule has 0 N–H and O–H groups in total. The molecule has 0 aromatic carbocycles. The molecule has 1 aliphatic rings. The van der Waals surface area contributed by atoms with Crippen LogP contribution in [0.1, 0.15) is 37.4 Å². The summed E-state index contributed by atoms with van der Waals surface area (Å²) in [4.78, 5) is 1.87. The molecule has 1 unspecified atom stereocenters. The lowest BCUT2D eigenvalue weighted by molar-refractivity contribution is 0.457. The van der Waals surface area contributed by atoms with Crippen molar-refractivity contribution in [3.05, 3.63) is 19.2 Å². The van der Waals surface area contributed by atoms with Gasteiger partial charge < -0.3 is 0 Å². The summed E-state index contributed by atoms with van der Waals surface area (Å²) in [5.74, 6) is 0.706. The topological polar surface area (TPSA) is 0 Å². The summed E-state index contributed by atoms with van der Waals surface area (Å²) >= 11 is 12.8. The summed E-state index contributed by atoms with van der Waals surface area (Å²) < 4.78 is 2.34. The van der Waals surface area contributed by atoms with Gasteiger partial charge in [0, 0.05) is 9.35 Å². The van der Waals surface area contributed by atoms with Crippen LogP contribution in [0.15, 0.2) is 14.3 Å². The summed E-state index contributed by atoms with van der Waals surface area (Å²) in [5.41, 5.74) is 0.841. The van der Waals surface area contributed by atoms with Crippen LogP contribution in [0.25, 0.3) is 0 Å². The van der Waals surface area contributed by atoms with Gasteiger partial charge in [0.15, 0.2) is 0 Å². The molecule has 90 valence electrons. The third-order valence-electron chi connectivity index (χ3n) is 4.36. The molecule has 0 spiro atoms. The van der Waals surface area contributed by atoms with Gasteiger partial charge in [-0.3, -0.25) is 0 Å². The second-order valence-electron chi connectivity index (χ2n) is 5.59. The highest BCUT2D eigenvalue weighted by molar-refractivity contribution is 9.13. The Morgan fingerprint density at radius 1 is 1.19 bits per heavy atom. The monoisotopic (exact) mass is 428 g/mol. The number of hydrogen-bond acceptors (Lipinski definition) is 1. The maximum Gasteiger partial charge on any atom is 0.0843 e. The molecule has 1 fully saturated rings. The second kappa shape index (κ2) is 4.07. The van der Waals surface area contributed by atoms with Gasteiger partial charge in [0.25, 0.3) is 0 Å². The highest BCUT2D eigenvalue weighted by Crippen LogP contribution is 2.74. The molecule has 2 rings (SSSR count). The molecule has 1 aliphatic carbocycles. The first kappa shape index (κ1) is 13.6. The predicted octanol–water partition coefficient (Wildman–Crippen LogP) is 6.39. The summed E-state index contributed by atoms with van der Waals surface area (Å²) in [7, 11) is 0. The molecule has 0 amide bonds. The summed E-state index contributed by atoms with van der Waals surface area (Å²) in [6.45, 7) is 9.46. The Kier molecular flexibility index (Phi) is 3.45. The third kappa shape index (κ3) is 1.88. The van der Waals surface area contributed by atoms with Crippen LogP contribution in [0, 0.1) is 16.7 Å². The standard InChI is InChI=1S/C12H15Br3S/c1-11(2)9(12(11,3)4)8(14)7-5-6(13)10(15)16-7/h5,8-9H,1-4H3. The van der Waals surface area contributed by atoms with E-state index >= 15 is 0 Å². The summed E-state index contributed by atoms with van der Waals surface area (Å²) in [5, 5.41) is 0. The molecular weight excluding hydrogens is 416 g/mol. The minimum absolute atomic E-state index is 0.421. The first-order chi connectivity index (χ1) is 7.19. The Morgan fingerprint density at radius 3 is 2.00 bits per heavy atom. The van der Waals surface area contributed by atoms with Crippen molar-refractivity contribution in [3.63, 3.8) is 0 Å². The van der Waals surface area contributed by atoms with Crippen molar-refractivity contribution in [2.45, 2.75) is 32.5 Å². The Morgan fingerprint density at radius 2 is 1.69 bits per heavy atom. The van der Waals surface area contributed by atoms with Crippen LogP contribution in [0.2, 0.25) is 0 Å².